The summed E-state index contributed by atoms with van der Waals surface area (Å²) in [6, 6.07) is 18.6. The Labute approximate surface area is 180 Å². The van der Waals surface area contributed by atoms with Gasteiger partial charge in [0, 0.05) is 37.4 Å². The molecule has 2 aromatic rings. The van der Waals surface area contributed by atoms with Crippen molar-refractivity contribution in [2.75, 3.05) is 26.2 Å². The predicted octanol–water partition coefficient (Wildman–Crippen LogP) is 3.26. The van der Waals surface area contributed by atoms with Crippen LogP contribution in [0.25, 0.3) is 0 Å². The molecule has 1 aliphatic rings. The number of carbonyl (C=O) groups excluding carboxylic acids is 1. The van der Waals surface area contributed by atoms with Crippen molar-refractivity contribution in [1.82, 2.24) is 4.90 Å². The zero-order valence-corrected chi connectivity index (χ0v) is 17.8. The molecule has 0 atom stereocenters. The minimum Gasteiger partial charge on any atom is -0.489 e. The molecule has 1 N–H and O–H groups in total. The van der Waals surface area contributed by atoms with Crippen molar-refractivity contribution in [3.05, 3.63) is 91.0 Å². The van der Waals surface area contributed by atoms with Crippen LogP contribution in [0, 0.1) is 5.92 Å². The third-order valence-corrected chi connectivity index (χ3v) is 5.68. The summed E-state index contributed by atoms with van der Waals surface area (Å²) in [4.78, 5) is 16.1. The van der Waals surface area contributed by atoms with Crippen molar-refractivity contribution in [1.29, 1.82) is 0 Å². The van der Waals surface area contributed by atoms with E-state index in [1.165, 1.54) is 16.0 Å². The van der Waals surface area contributed by atoms with Crippen LogP contribution in [-0.2, 0) is 17.9 Å². The Morgan fingerprint density at radius 1 is 0.967 bits per heavy atom. The molecule has 4 heteroatoms. The fourth-order valence-corrected chi connectivity index (χ4v) is 4.01. The maximum absolute atomic E-state index is 12.8. The van der Waals surface area contributed by atoms with E-state index in [4.69, 9.17) is 4.74 Å². The van der Waals surface area contributed by atoms with Gasteiger partial charge in [-0.1, -0.05) is 42.5 Å². The molecule has 1 fully saturated rings. The minimum absolute atomic E-state index is 0.127. The molecule has 0 aliphatic carbocycles. The summed E-state index contributed by atoms with van der Waals surface area (Å²) in [7, 11) is 0. The van der Waals surface area contributed by atoms with Crippen LogP contribution in [0.3, 0.4) is 0 Å². The first kappa shape index (κ1) is 21.8. The number of benzene rings is 2. The van der Waals surface area contributed by atoms with E-state index in [0.29, 0.717) is 19.7 Å². The zero-order valence-electron chi connectivity index (χ0n) is 17.8. The van der Waals surface area contributed by atoms with Crippen molar-refractivity contribution in [3.63, 3.8) is 0 Å². The maximum atomic E-state index is 12.8. The highest BCUT2D eigenvalue weighted by molar-refractivity contribution is 5.79. The molecule has 1 aliphatic heterocycles. The molecule has 0 saturated carbocycles. The SMILES string of the molecule is C=CCN(CC=C)C(=O)C1CC[NH+](Cc2ccc(OCc3ccccc3)cc2)CC1. The lowest BCUT2D eigenvalue weighted by Gasteiger charge is -2.31. The standard InChI is InChI=1S/C26H32N2O2/c1-3-16-28(17-4-2)26(29)24-14-18-27(19-15-24)20-22-10-12-25(13-11-22)30-21-23-8-6-5-7-9-23/h3-13,24H,1-2,14-21H2/p+1. The molecule has 3 rings (SSSR count). The van der Waals surface area contributed by atoms with Gasteiger partial charge in [0.25, 0.3) is 0 Å². The number of carbonyl (C=O) groups is 1. The quantitative estimate of drug-likeness (QED) is 0.616. The predicted molar refractivity (Wildman–Crippen MR) is 121 cm³/mol. The first-order valence-electron chi connectivity index (χ1n) is 10.8. The molecule has 2 aromatic carbocycles. The Balaban J connectivity index is 1.44. The van der Waals surface area contributed by atoms with E-state index in [1.54, 1.807) is 12.2 Å². The number of amides is 1. The van der Waals surface area contributed by atoms with Crippen molar-refractivity contribution in [2.45, 2.75) is 26.0 Å². The van der Waals surface area contributed by atoms with Crippen LogP contribution in [0.5, 0.6) is 5.75 Å². The molecule has 0 unspecified atom stereocenters. The Bertz CT molecular complexity index is 799. The van der Waals surface area contributed by atoms with Crippen LogP contribution in [0.2, 0.25) is 0 Å². The highest BCUT2D eigenvalue weighted by atomic mass is 16.5. The van der Waals surface area contributed by atoms with Gasteiger partial charge in [-0.3, -0.25) is 4.79 Å². The van der Waals surface area contributed by atoms with E-state index in [0.717, 1.165) is 38.2 Å². The lowest BCUT2D eigenvalue weighted by molar-refractivity contribution is -0.919. The topological polar surface area (TPSA) is 34.0 Å². The Kier molecular flexibility index (Phi) is 8.28. The second-order valence-electron chi connectivity index (χ2n) is 7.94. The third kappa shape index (κ3) is 6.33. The zero-order chi connectivity index (χ0) is 21.2. The summed E-state index contributed by atoms with van der Waals surface area (Å²) in [6.45, 7) is 12.3. The van der Waals surface area contributed by atoms with Crippen LogP contribution in [0.1, 0.15) is 24.0 Å². The number of quaternary nitrogens is 1. The first-order valence-corrected chi connectivity index (χ1v) is 10.8. The van der Waals surface area contributed by atoms with Gasteiger partial charge in [-0.2, -0.15) is 0 Å². The Morgan fingerprint density at radius 3 is 2.20 bits per heavy atom. The average Bonchev–Trinajstić information content (AvgIpc) is 2.79. The van der Waals surface area contributed by atoms with Gasteiger partial charge in [0.15, 0.2) is 0 Å². The van der Waals surface area contributed by atoms with Crippen LogP contribution in [0.15, 0.2) is 79.9 Å². The molecule has 0 radical (unpaired) electrons. The fourth-order valence-electron chi connectivity index (χ4n) is 4.01. The molecular weight excluding hydrogens is 372 g/mol. The van der Waals surface area contributed by atoms with E-state index in [-0.39, 0.29) is 11.8 Å². The Morgan fingerprint density at radius 2 is 1.60 bits per heavy atom. The number of hydrogen-bond donors (Lipinski definition) is 1. The van der Waals surface area contributed by atoms with E-state index in [9.17, 15) is 4.79 Å². The van der Waals surface area contributed by atoms with Crippen LogP contribution >= 0.6 is 0 Å². The van der Waals surface area contributed by atoms with E-state index >= 15 is 0 Å². The normalized spacial score (nSPS) is 18.4. The van der Waals surface area contributed by atoms with Crippen molar-refractivity contribution in [2.24, 2.45) is 5.92 Å². The summed E-state index contributed by atoms with van der Waals surface area (Å²) in [5.41, 5.74) is 2.48. The summed E-state index contributed by atoms with van der Waals surface area (Å²) in [5.74, 6) is 1.27. The number of nitrogens with one attached hydrogen (secondary N) is 1. The number of likely N-dealkylation sites (tertiary alicyclic amines) is 1. The lowest BCUT2D eigenvalue weighted by Crippen LogP contribution is -3.11. The summed E-state index contributed by atoms with van der Waals surface area (Å²) >= 11 is 0. The van der Waals surface area contributed by atoms with Crippen molar-refractivity contribution in [3.8, 4) is 5.75 Å². The van der Waals surface area contributed by atoms with Gasteiger partial charge in [-0.15, -0.1) is 13.2 Å². The van der Waals surface area contributed by atoms with E-state index in [1.807, 2.05) is 23.1 Å². The molecule has 1 amide bonds. The largest absolute Gasteiger partial charge is 0.489 e. The van der Waals surface area contributed by atoms with E-state index in [2.05, 4.69) is 49.6 Å². The van der Waals surface area contributed by atoms with Gasteiger partial charge < -0.3 is 14.5 Å². The molecule has 0 bridgehead atoms. The summed E-state index contributed by atoms with van der Waals surface area (Å²) < 4.78 is 5.88. The number of ether oxygens (including phenoxy) is 1. The minimum atomic E-state index is 0.127. The maximum Gasteiger partial charge on any atom is 0.226 e. The number of rotatable bonds is 10. The number of nitrogens with zero attached hydrogens (tertiary/aromatic N) is 1. The summed E-state index contributed by atoms with van der Waals surface area (Å²) in [5, 5.41) is 0. The molecule has 0 spiro atoms. The first-order chi connectivity index (χ1) is 14.7. The molecule has 30 heavy (non-hydrogen) atoms. The molecule has 4 nitrogen and oxygen atoms in total. The van der Waals surface area contributed by atoms with Crippen LogP contribution in [0.4, 0.5) is 0 Å². The summed E-state index contributed by atoms with van der Waals surface area (Å²) in [6.07, 6.45) is 5.46. The molecule has 1 saturated heterocycles. The fraction of sp³-hybridized carbons (Fsp3) is 0.346. The third-order valence-electron chi connectivity index (χ3n) is 5.68. The Hall–Kier alpha value is -2.85. The molecule has 158 valence electrons. The number of piperidine rings is 1. The monoisotopic (exact) mass is 405 g/mol. The molecular formula is C26H33N2O2+. The molecule has 1 heterocycles. The smallest absolute Gasteiger partial charge is 0.226 e. The van der Waals surface area contributed by atoms with Gasteiger partial charge in [0.1, 0.15) is 18.9 Å². The van der Waals surface area contributed by atoms with Crippen LogP contribution in [-0.4, -0.2) is 37.0 Å². The van der Waals surface area contributed by atoms with Crippen LogP contribution < -0.4 is 9.64 Å². The van der Waals surface area contributed by atoms with Gasteiger partial charge in [0.2, 0.25) is 5.91 Å². The van der Waals surface area contributed by atoms with Gasteiger partial charge in [-0.25, -0.2) is 0 Å². The second kappa shape index (κ2) is 11.4. The lowest BCUT2D eigenvalue weighted by atomic mass is 9.95. The molecule has 0 aromatic heterocycles. The van der Waals surface area contributed by atoms with Crippen molar-refractivity contribution >= 4 is 5.91 Å². The van der Waals surface area contributed by atoms with E-state index < -0.39 is 0 Å². The highest BCUT2D eigenvalue weighted by Gasteiger charge is 2.29. The number of hydrogen-bond acceptors (Lipinski definition) is 2. The van der Waals surface area contributed by atoms with Gasteiger partial charge in [-0.05, 0) is 29.8 Å². The second-order valence-corrected chi connectivity index (χ2v) is 7.94. The highest BCUT2D eigenvalue weighted by Crippen LogP contribution is 2.16. The van der Waals surface area contributed by atoms with Gasteiger partial charge >= 0.3 is 0 Å². The van der Waals surface area contributed by atoms with Crippen molar-refractivity contribution < 1.29 is 14.4 Å². The van der Waals surface area contributed by atoms with Gasteiger partial charge in [0.05, 0.1) is 13.1 Å². The average molecular weight is 406 g/mol.